The first-order valence-corrected chi connectivity index (χ1v) is 9.88. The second-order valence-corrected chi connectivity index (χ2v) is 7.80. The van der Waals surface area contributed by atoms with Crippen LogP contribution in [0.5, 0.6) is 11.5 Å². The third-order valence-electron chi connectivity index (χ3n) is 3.89. The highest BCUT2D eigenvalue weighted by atomic mass is 127. The van der Waals surface area contributed by atoms with Crippen LogP contribution in [0.1, 0.15) is 5.56 Å². The number of hydrogen-bond donors (Lipinski definition) is 1. The molecule has 0 aromatic heterocycles. The fraction of sp³-hybridized carbons (Fsp3) is 0.158. The Morgan fingerprint density at radius 1 is 1.11 bits per heavy atom. The third-order valence-corrected chi connectivity index (χ3v) is 5.51. The zero-order valence-electron chi connectivity index (χ0n) is 14.7. The molecule has 0 saturated carbocycles. The fourth-order valence-corrected chi connectivity index (χ4v) is 3.64. The van der Waals surface area contributed by atoms with Crippen LogP contribution in [0.2, 0.25) is 0 Å². The molecule has 140 valence electrons. The van der Waals surface area contributed by atoms with E-state index in [0.717, 1.165) is 21.0 Å². The topological polar surface area (TPSA) is 67.9 Å². The van der Waals surface area contributed by atoms with Crippen molar-refractivity contribution in [3.05, 3.63) is 56.5 Å². The lowest BCUT2D eigenvalue weighted by molar-refractivity contribution is -0.122. The van der Waals surface area contributed by atoms with Crippen LogP contribution in [0, 0.1) is 3.57 Å². The molecule has 1 saturated heterocycles. The van der Waals surface area contributed by atoms with Gasteiger partial charge in [-0.3, -0.25) is 14.5 Å². The average molecular weight is 496 g/mol. The number of carbonyl (C=O) groups excluding carboxylic acids is 2. The summed E-state index contributed by atoms with van der Waals surface area (Å²) in [5.41, 5.74) is 1.55. The number of amides is 2. The van der Waals surface area contributed by atoms with Gasteiger partial charge in [0, 0.05) is 20.9 Å². The molecule has 8 heteroatoms. The van der Waals surface area contributed by atoms with Crippen molar-refractivity contribution in [2.45, 2.75) is 0 Å². The monoisotopic (exact) mass is 496 g/mol. The number of anilines is 1. The maximum Gasteiger partial charge on any atom is 0.295 e. The number of methoxy groups -OCH3 is 2. The van der Waals surface area contributed by atoms with Crippen LogP contribution in [0.25, 0.3) is 6.08 Å². The van der Waals surface area contributed by atoms with Gasteiger partial charge in [0.25, 0.3) is 11.1 Å². The summed E-state index contributed by atoms with van der Waals surface area (Å²) >= 11 is 3.13. The highest BCUT2D eigenvalue weighted by Crippen LogP contribution is 2.34. The van der Waals surface area contributed by atoms with Gasteiger partial charge in [-0.15, -0.1) is 0 Å². The molecule has 2 aromatic rings. The molecule has 0 atom stereocenters. The van der Waals surface area contributed by atoms with Crippen molar-refractivity contribution in [2.75, 3.05) is 26.2 Å². The minimum Gasteiger partial charge on any atom is -0.497 e. The van der Waals surface area contributed by atoms with Gasteiger partial charge < -0.3 is 14.8 Å². The Labute approximate surface area is 175 Å². The van der Waals surface area contributed by atoms with Crippen molar-refractivity contribution in [1.82, 2.24) is 4.90 Å². The summed E-state index contributed by atoms with van der Waals surface area (Å²) in [5, 5.41) is 2.79. The van der Waals surface area contributed by atoms with Crippen LogP contribution in [0.4, 0.5) is 10.5 Å². The van der Waals surface area contributed by atoms with Crippen LogP contribution in [-0.2, 0) is 4.79 Å². The van der Waals surface area contributed by atoms with Crippen molar-refractivity contribution >= 4 is 57.3 Å². The normalized spacial score (nSPS) is 15.4. The van der Waals surface area contributed by atoms with Crippen LogP contribution in [0.3, 0.4) is 0 Å². The number of nitrogens with zero attached hydrogens (tertiary/aromatic N) is 1. The van der Waals surface area contributed by atoms with Gasteiger partial charge >= 0.3 is 0 Å². The second-order valence-electron chi connectivity index (χ2n) is 5.56. The van der Waals surface area contributed by atoms with Crippen molar-refractivity contribution < 1.29 is 19.1 Å². The Hall–Kier alpha value is -2.20. The maximum absolute atomic E-state index is 12.6. The molecule has 0 unspecified atom stereocenters. The molecular weight excluding hydrogens is 479 g/mol. The highest BCUT2D eigenvalue weighted by molar-refractivity contribution is 14.1. The highest BCUT2D eigenvalue weighted by Gasteiger charge is 2.35. The first kappa shape index (κ1) is 19.6. The Morgan fingerprint density at radius 3 is 2.52 bits per heavy atom. The van der Waals surface area contributed by atoms with E-state index in [0.29, 0.717) is 22.0 Å². The van der Waals surface area contributed by atoms with Gasteiger partial charge in [0.1, 0.15) is 11.5 Å². The zero-order chi connectivity index (χ0) is 19.4. The summed E-state index contributed by atoms with van der Waals surface area (Å²) in [6, 6.07) is 13.0. The minimum absolute atomic E-state index is 0.113. The molecule has 0 bridgehead atoms. The minimum atomic E-state index is -0.333. The number of rotatable bonds is 6. The van der Waals surface area contributed by atoms with Gasteiger partial charge in [0.05, 0.1) is 25.8 Å². The molecule has 1 N–H and O–H groups in total. The number of thioether (sulfide) groups is 1. The van der Waals surface area contributed by atoms with E-state index >= 15 is 0 Å². The lowest BCUT2D eigenvalue weighted by Gasteiger charge is -2.14. The van der Waals surface area contributed by atoms with Gasteiger partial charge in [-0.2, -0.15) is 0 Å². The summed E-state index contributed by atoms with van der Waals surface area (Å²) in [5.74, 6) is 0.887. The summed E-state index contributed by atoms with van der Waals surface area (Å²) in [7, 11) is 3.11. The predicted molar refractivity (Wildman–Crippen MR) is 115 cm³/mol. The Morgan fingerprint density at radius 2 is 1.85 bits per heavy atom. The van der Waals surface area contributed by atoms with Crippen LogP contribution in [-0.4, -0.2) is 36.9 Å². The fourth-order valence-electron chi connectivity index (χ4n) is 2.45. The van der Waals surface area contributed by atoms with E-state index in [1.54, 1.807) is 38.5 Å². The number of ether oxygens (including phenoxy) is 2. The summed E-state index contributed by atoms with van der Waals surface area (Å²) in [4.78, 5) is 26.4. The molecule has 27 heavy (non-hydrogen) atoms. The summed E-state index contributed by atoms with van der Waals surface area (Å²) < 4.78 is 11.6. The molecule has 3 rings (SSSR count). The number of nitrogens with one attached hydrogen (secondary N) is 1. The van der Waals surface area contributed by atoms with E-state index in [2.05, 4.69) is 27.9 Å². The average Bonchev–Trinajstić information content (AvgIpc) is 2.94. The molecular formula is C19H17IN2O4S. The number of halogens is 1. The van der Waals surface area contributed by atoms with Crippen molar-refractivity contribution in [1.29, 1.82) is 0 Å². The zero-order valence-corrected chi connectivity index (χ0v) is 17.7. The number of hydrogen-bond acceptors (Lipinski definition) is 6. The second kappa shape index (κ2) is 8.66. The molecule has 1 fully saturated rings. The molecule has 1 aliphatic heterocycles. The molecule has 1 heterocycles. The Bertz CT molecular complexity index is 899. The first-order valence-electron chi connectivity index (χ1n) is 7.98. The van der Waals surface area contributed by atoms with Crippen molar-refractivity contribution in [2.24, 2.45) is 0 Å². The summed E-state index contributed by atoms with van der Waals surface area (Å²) in [6.45, 7) is 0.113. The largest absolute Gasteiger partial charge is 0.497 e. The van der Waals surface area contributed by atoms with Gasteiger partial charge in [0.2, 0.25) is 0 Å². The molecule has 6 nitrogen and oxygen atoms in total. The lowest BCUT2D eigenvalue weighted by Crippen LogP contribution is -2.33. The molecule has 0 spiro atoms. The SMILES string of the molecule is COc1ccc(/C=C2/SC(=O)N(CNc3ccc(I)cc3)C2=O)c(OC)c1. The summed E-state index contributed by atoms with van der Waals surface area (Å²) in [6.07, 6.45) is 1.66. The van der Waals surface area contributed by atoms with Gasteiger partial charge in [0.15, 0.2) is 0 Å². The van der Waals surface area contributed by atoms with Crippen LogP contribution in [0.15, 0.2) is 47.4 Å². The predicted octanol–water partition coefficient (Wildman–Crippen LogP) is 4.41. The molecule has 0 radical (unpaired) electrons. The van der Waals surface area contributed by atoms with Crippen molar-refractivity contribution in [3.8, 4) is 11.5 Å². The molecule has 1 aliphatic rings. The van der Waals surface area contributed by atoms with E-state index in [1.165, 1.54) is 4.90 Å². The molecule has 2 amide bonds. The first-order chi connectivity index (χ1) is 13.0. The van der Waals surface area contributed by atoms with E-state index in [-0.39, 0.29) is 17.8 Å². The van der Waals surface area contributed by atoms with Crippen LogP contribution >= 0.6 is 34.4 Å². The molecule has 2 aromatic carbocycles. The van der Waals surface area contributed by atoms with Crippen molar-refractivity contribution in [3.63, 3.8) is 0 Å². The Balaban J connectivity index is 1.75. The number of imide groups is 1. The van der Waals surface area contributed by atoms with E-state index in [1.807, 2.05) is 24.3 Å². The standard InChI is InChI=1S/C19H17IN2O4S/c1-25-15-8-3-12(16(10-15)26-2)9-17-18(23)22(19(24)27-17)11-21-14-6-4-13(20)5-7-14/h3-10,21H,11H2,1-2H3/b17-9+. The van der Waals surface area contributed by atoms with E-state index in [9.17, 15) is 9.59 Å². The van der Waals surface area contributed by atoms with Gasteiger partial charge in [-0.05, 0) is 76.8 Å². The quantitative estimate of drug-likeness (QED) is 0.472. The number of benzene rings is 2. The van der Waals surface area contributed by atoms with E-state index < -0.39 is 0 Å². The number of carbonyl (C=O) groups is 2. The Kier molecular flexibility index (Phi) is 6.27. The van der Waals surface area contributed by atoms with E-state index in [4.69, 9.17) is 9.47 Å². The van der Waals surface area contributed by atoms with Gasteiger partial charge in [-0.25, -0.2) is 0 Å². The molecule has 0 aliphatic carbocycles. The third kappa shape index (κ3) is 4.56. The lowest BCUT2D eigenvalue weighted by atomic mass is 10.1. The maximum atomic E-state index is 12.6. The van der Waals surface area contributed by atoms with Gasteiger partial charge in [-0.1, -0.05) is 0 Å². The van der Waals surface area contributed by atoms with Crippen LogP contribution < -0.4 is 14.8 Å². The smallest absolute Gasteiger partial charge is 0.295 e.